The molecule has 0 N–H and O–H groups in total. The van der Waals surface area contributed by atoms with E-state index >= 15 is 0 Å². The maximum atomic E-state index is 6.22. The highest BCUT2D eigenvalue weighted by Crippen LogP contribution is 2.31. The number of aromatic nitrogens is 2. The third-order valence-corrected chi connectivity index (χ3v) is 3.86. The lowest BCUT2D eigenvalue weighted by Gasteiger charge is -2.11. The molecule has 108 valence electrons. The van der Waals surface area contributed by atoms with Crippen LogP contribution in [0.3, 0.4) is 0 Å². The van der Waals surface area contributed by atoms with E-state index in [9.17, 15) is 0 Å². The molecule has 0 aliphatic rings. The number of halogens is 1. The second-order valence-corrected chi connectivity index (χ2v) is 6.07. The number of thiophene rings is 1. The minimum Gasteiger partial charge on any atom is -0.489 e. The quantitative estimate of drug-likeness (QED) is 0.685. The Bertz CT molecular complexity index is 738. The Balaban J connectivity index is 1.89. The summed E-state index contributed by atoms with van der Waals surface area (Å²) in [7, 11) is 0. The van der Waals surface area contributed by atoms with Crippen LogP contribution in [0, 0.1) is 0 Å². The van der Waals surface area contributed by atoms with E-state index in [-0.39, 0.29) is 6.10 Å². The standard InChI is InChI=1S/C15H13ClN2O2S/c1-9(2)19-12-6-5-10(8-11(12)16)14-17-15(20-18-14)13-4-3-7-21-13/h3-9H,1-2H3. The molecule has 0 amide bonds. The smallest absolute Gasteiger partial charge is 0.268 e. The zero-order valence-corrected chi connectivity index (χ0v) is 13.1. The summed E-state index contributed by atoms with van der Waals surface area (Å²) in [4.78, 5) is 5.33. The van der Waals surface area contributed by atoms with Crippen LogP contribution >= 0.6 is 22.9 Å². The monoisotopic (exact) mass is 320 g/mol. The first-order valence-electron chi connectivity index (χ1n) is 6.47. The lowest BCUT2D eigenvalue weighted by atomic mass is 10.2. The molecule has 0 atom stereocenters. The predicted octanol–water partition coefficient (Wildman–Crippen LogP) is 4.91. The van der Waals surface area contributed by atoms with Crippen LogP contribution in [0.2, 0.25) is 5.02 Å². The Morgan fingerprint density at radius 2 is 2.14 bits per heavy atom. The molecule has 0 radical (unpaired) electrons. The van der Waals surface area contributed by atoms with Gasteiger partial charge in [-0.3, -0.25) is 0 Å². The summed E-state index contributed by atoms with van der Waals surface area (Å²) in [6.45, 7) is 3.91. The van der Waals surface area contributed by atoms with Gasteiger partial charge in [0.2, 0.25) is 5.82 Å². The second kappa shape index (κ2) is 5.87. The van der Waals surface area contributed by atoms with Gasteiger partial charge in [-0.05, 0) is 43.5 Å². The first-order chi connectivity index (χ1) is 10.1. The Hall–Kier alpha value is -1.85. The molecule has 1 aromatic carbocycles. The van der Waals surface area contributed by atoms with Crippen LogP contribution in [0.5, 0.6) is 5.75 Å². The maximum Gasteiger partial charge on any atom is 0.268 e. The summed E-state index contributed by atoms with van der Waals surface area (Å²) in [6.07, 6.45) is 0.0731. The molecule has 21 heavy (non-hydrogen) atoms. The Morgan fingerprint density at radius 3 is 2.81 bits per heavy atom. The van der Waals surface area contributed by atoms with Gasteiger partial charge in [0.25, 0.3) is 5.89 Å². The van der Waals surface area contributed by atoms with Crippen LogP contribution < -0.4 is 4.74 Å². The highest BCUT2D eigenvalue weighted by molar-refractivity contribution is 7.13. The summed E-state index contributed by atoms with van der Waals surface area (Å²) >= 11 is 7.78. The third-order valence-electron chi connectivity index (χ3n) is 2.71. The number of rotatable bonds is 4. The van der Waals surface area contributed by atoms with Gasteiger partial charge in [-0.25, -0.2) is 0 Å². The molecule has 0 saturated carbocycles. The zero-order chi connectivity index (χ0) is 14.8. The average Bonchev–Trinajstić information content (AvgIpc) is 3.10. The van der Waals surface area contributed by atoms with E-state index in [0.717, 1.165) is 10.4 Å². The van der Waals surface area contributed by atoms with Crippen LogP contribution in [0.1, 0.15) is 13.8 Å². The number of nitrogens with zero attached hydrogens (tertiary/aromatic N) is 2. The molecule has 0 aliphatic heterocycles. The van der Waals surface area contributed by atoms with Gasteiger partial charge in [-0.2, -0.15) is 4.98 Å². The Morgan fingerprint density at radius 1 is 1.29 bits per heavy atom. The minimum atomic E-state index is 0.0731. The Kier molecular flexibility index (Phi) is 3.94. The van der Waals surface area contributed by atoms with Crippen molar-refractivity contribution in [1.82, 2.24) is 10.1 Å². The van der Waals surface area contributed by atoms with E-state index in [4.69, 9.17) is 20.9 Å². The van der Waals surface area contributed by atoms with Crippen molar-refractivity contribution in [2.45, 2.75) is 20.0 Å². The largest absolute Gasteiger partial charge is 0.489 e. The van der Waals surface area contributed by atoms with Crippen molar-refractivity contribution in [3.05, 3.63) is 40.7 Å². The third kappa shape index (κ3) is 3.09. The molecule has 2 aromatic heterocycles. The van der Waals surface area contributed by atoms with Gasteiger partial charge < -0.3 is 9.26 Å². The molecule has 0 bridgehead atoms. The molecule has 3 aromatic rings. The number of ether oxygens (including phenoxy) is 1. The van der Waals surface area contributed by atoms with Crippen LogP contribution in [0.25, 0.3) is 22.2 Å². The molecule has 6 heteroatoms. The van der Waals surface area contributed by atoms with Crippen LogP contribution in [-0.4, -0.2) is 16.2 Å². The van der Waals surface area contributed by atoms with E-state index in [1.54, 1.807) is 17.4 Å². The highest BCUT2D eigenvalue weighted by Gasteiger charge is 2.13. The fraction of sp³-hybridized carbons (Fsp3) is 0.200. The van der Waals surface area contributed by atoms with Gasteiger partial charge in [0.1, 0.15) is 5.75 Å². The van der Waals surface area contributed by atoms with E-state index in [0.29, 0.717) is 22.5 Å². The first kappa shape index (κ1) is 14.1. The summed E-state index contributed by atoms with van der Waals surface area (Å²) < 4.78 is 10.9. The van der Waals surface area contributed by atoms with Gasteiger partial charge in [0.05, 0.1) is 16.0 Å². The molecule has 2 heterocycles. The summed E-state index contributed by atoms with van der Waals surface area (Å²) in [5.74, 6) is 1.67. The van der Waals surface area contributed by atoms with Crippen LogP contribution in [-0.2, 0) is 0 Å². The summed E-state index contributed by atoms with van der Waals surface area (Å²) in [5, 5.41) is 6.49. The molecule has 0 saturated heterocycles. The predicted molar refractivity (Wildman–Crippen MR) is 83.8 cm³/mol. The number of hydrogen-bond donors (Lipinski definition) is 0. The van der Waals surface area contributed by atoms with E-state index in [1.165, 1.54) is 0 Å². The molecular formula is C15H13ClN2O2S. The molecule has 0 fully saturated rings. The van der Waals surface area contributed by atoms with Crippen molar-refractivity contribution in [3.8, 4) is 27.9 Å². The fourth-order valence-corrected chi connectivity index (χ4v) is 2.70. The molecule has 0 unspecified atom stereocenters. The van der Waals surface area contributed by atoms with E-state index < -0.39 is 0 Å². The van der Waals surface area contributed by atoms with Gasteiger partial charge in [0, 0.05) is 5.56 Å². The molecule has 3 rings (SSSR count). The molecular weight excluding hydrogens is 308 g/mol. The van der Waals surface area contributed by atoms with Gasteiger partial charge in [-0.15, -0.1) is 11.3 Å². The van der Waals surface area contributed by atoms with Crippen molar-refractivity contribution >= 4 is 22.9 Å². The van der Waals surface area contributed by atoms with Crippen molar-refractivity contribution in [3.63, 3.8) is 0 Å². The van der Waals surface area contributed by atoms with Gasteiger partial charge in [-0.1, -0.05) is 22.8 Å². The molecule has 0 aliphatic carbocycles. The number of benzene rings is 1. The fourth-order valence-electron chi connectivity index (χ4n) is 1.83. The van der Waals surface area contributed by atoms with Crippen molar-refractivity contribution in [2.75, 3.05) is 0 Å². The Labute approximate surface area is 131 Å². The zero-order valence-electron chi connectivity index (χ0n) is 11.5. The van der Waals surface area contributed by atoms with Crippen LogP contribution in [0.15, 0.2) is 40.2 Å². The molecule has 0 spiro atoms. The molecule has 4 nitrogen and oxygen atoms in total. The van der Waals surface area contributed by atoms with E-state index in [2.05, 4.69) is 10.1 Å². The highest BCUT2D eigenvalue weighted by atomic mass is 35.5. The van der Waals surface area contributed by atoms with Crippen LogP contribution in [0.4, 0.5) is 0 Å². The lowest BCUT2D eigenvalue weighted by molar-refractivity contribution is 0.242. The minimum absolute atomic E-state index is 0.0731. The lowest BCUT2D eigenvalue weighted by Crippen LogP contribution is -2.05. The second-order valence-electron chi connectivity index (χ2n) is 4.71. The maximum absolute atomic E-state index is 6.22. The summed E-state index contributed by atoms with van der Waals surface area (Å²) in [6, 6.07) is 9.35. The SMILES string of the molecule is CC(C)Oc1ccc(-c2noc(-c3cccs3)n2)cc1Cl. The summed E-state index contributed by atoms with van der Waals surface area (Å²) in [5.41, 5.74) is 0.794. The van der Waals surface area contributed by atoms with Crippen molar-refractivity contribution < 1.29 is 9.26 Å². The average molecular weight is 321 g/mol. The van der Waals surface area contributed by atoms with Crippen molar-refractivity contribution in [1.29, 1.82) is 0 Å². The van der Waals surface area contributed by atoms with E-state index in [1.807, 2.05) is 43.5 Å². The van der Waals surface area contributed by atoms with Gasteiger partial charge >= 0.3 is 0 Å². The normalized spacial score (nSPS) is 11.0. The number of hydrogen-bond acceptors (Lipinski definition) is 5. The van der Waals surface area contributed by atoms with Crippen molar-refractivity contribution in [2.24, 2.45) is 0 Å². The topological polar surface area (TPSA) is 48.2 Å². The van der Waals surface area contributed by atoms with Gasteiger partial charge in [0.15, 0.2) is 0 Å². The first-order valence-corrected chi connectivity index (χ1v) is 7.73.